The molecule has 2 aliphatic heterocycles. The van der Waals surface area contributed by atoms with Crippen LogP contribution in [0.3, 0.4) is 0 Å². The first-order valence-corrected chi connectivity index (χ1v) is 12.3. The first kappa shape index (κ1) is 25.0. The van der Waals surface area contributed by atoms with E-state index in [4.69, 9.17) is 0 Å². The average molecular weight is 513 g/mol. The van der Waals surface area contributed by atoms with Crippen molar-refractivity contribution in [3.05, 3.63) is 59.3 Å². The lowest BCUT2D eigenvalue weighted by atomic mass is 9.81. The molecule has 2 unspecified atom stereocenters. The fourth-order valence-corrected chi connectivity index (χ4v) is 5.49. The minimum atomic E-state index is -2.97. The van der Waals surface area contributed by atoms with Gasteiger partial charge in [0.1, 0.15) is 23.1 Å². The lowest BCUT2D eigenvalue weighted by molar-refractivity contribution is -0.133. The molecule has 2 aromatic carbocycles. The molecule has 1 saturated heterocycles. The zero-order valence-electron chi connectivity index (χ0n) is 20.9. The molecule has 10 heteroatoms. The molecule has 3 heterocycles. The molecule has 0 saturated carbocycles. The number of amides is 3. The predicted octanol–water partition coefficient (Wildman–Crippen LogP) is 4.39. The zero-order chi connectivity index (χ0) is 26.5. The number of aromatic hydroxyl groups is 1. The topological polar surface area (TPSA) is 97.9 Å². The van der Waals surface area contributed by atoms with Crippen LogP contribution >= 0.6 is 0 Å². The highest BCUT2D eigenvalue weighted by molar-refractivity contribution is 6.08. The number of nitrogens with zero attached hydrogens (tertiary/aromatic N) is 2. The van der Waals surface area contributed by atoms with Crippen molar-refractivity contribution >= 4 is 22.8 Å². The van der Waals surface area contributed by atoms with Gasteiger partial charge in [-0.15, -0.1) is 0 Å². The van der Waals surface area contributed by atoms with E-state index in [1.165, 1.54) is 23.1 Å². The van der Waals surface area contributed by atoms with Crippen LogP contribution in [0.2, 0.25) is 0 Å². The third-order valence-electron chi connectivity index (χ3n) is 7.11. The Morgan fingerprint density at radius 3 is 2.70 bits per heavy atom. The predicted molar refractivity (Wildman–Crippen MR) is 134 cm³/mol. The summed E-state index contributed by atoms with van der Waals surface area (Å²) in [6.45, 7) is 4.40. The Bertz CT molecular complexity index is 1360. The lowest BCUT2D eigenvalue weighted by Crippen LogP contribution is -2.53. The van der Waals surface area contributed by atoms with Crippen molar-refractivity contribution in [2.45, 2.75) is 45.4 Å². The molecule has 0 aliphatic carbocycles. The third kappa shape index (κ3) is 4.29. The summed E-state index contributed by atoms with van der Waals surface area (Å²) in [5, 5.41) is 14.2. The zero-order valence-corrected chi connectivity index (χ0v) is 20.9. The standard InChI is InChI=1S/C27H30F2N4O4/c1-15(2)14-30-9-10-32-24(35)27(3)13-20-19-12-18(37-25(28)29)7-8-21(19)31-22(20)23(33(27)26(32)36)16-5-4-6-17(34)11-16/h4-8,11-12,15,23,25,30-31,34H,9-10,13-14H2,1-3H3. The number of imide groups is 1. The second-order valence-electron chi connectivity index (χ2n) is 10.3. The third-order valence-corrected chi connectivity index (χ3v) is 7.11. The second-order valence-corrected chi connectivity index (χ2v) is 10.3. The van der Waals surface area contributed by atoms with Gasteiger partial charge in [-0.25, -0.2) is 4.79 Å². The smallest absolute Gasteiger partial charge is 0.387 e. The largest absolute Gasteiger partial charge is 0.508 e. The van der Waals surface area contributed by atoms with Crippen LogP contribution in [-0.2, 0) is 11.2 Å². The summed E-state index contributed by atoms with van der Waals surface area (Å²) in [4.78, 5) is 33.8. The number of phenolic OH excluding ortho intramolecular Hbond substituents is 1. The molecule has 3 amide bonds. The SMILES string of the molecule is CC(C)CNCCN1C(=O)N2C(c3cccc(O)c3)c3[nH]c4ccc(OC(F)F)cc4c3CC2(C)C1=O. The molecule has 0 bridgehead atoms. The Kier molecular flexibility index (Phi) is 6.31. The second kappa shape index (κ2) is 9.33. The molecule has 37 heavy (non-hydrogen) atoms. The quantitative estimate of drug-likeness (QED) is 0.307. The van der Waals surface area contributed by atoms with E-state index in [1.54, 1.807) is 36.1 Å². The number of hydrogen-bond acceptors (Lipinski definition) is 5. The van der Waals surface area contributed by atoms with Gasteiger partial charge in [0.15, 0.2) is 0 Å². The molecule has 3 N–H and O–H groups in total. The van der Waals surface area contributed by atoms with Gasteiger partial charge in [0.2, 0.25) is 0 Å². The summed E-state index contributed by atoms with van der Waals surface area (Å²) in [6, 6.07) is 10.1. The highest BCUT2D eigenvalue weighted by Gasteiger charge is 2.60. The van der Waals surface area contributed by atoms with Crippen LogP contribution in [0.4, 0.5) is 13.6 Å². The molecule has 1 aromatic heterocycles. The summed E-state index contributed by atoms with van der Waals surface area (Å²) < 4.78 is 30.4. The van der Waals surface area contributed by atoms with Gasteiger partial charge in [-0.2, -0.15) is 8.78 Å². The van der Waals surface area contributed by atoms with Crippen molar-refractivity contribution in [1.82, 2.24) is 20.1 Å². The first-order valence-electron chi connectivity index (χ1n) is 12.3. The molecule has 0 radical (unpaired) electrons. The van der Waals surface area contributed by atoms with Gasteiger partial charge >= 0.3 is 12.6 Å². The minimum Gasteiger partial charge on any atom is -0.508 e. The maximum Gasteiger partial charge on any atom is 0.387 e. The van der Waals surface area contributed by atoms with Crippen LogP contribution in [-0.4, -0.2) is 63.6 Å². The summed E-state index contributed by atoms with van der Waals surface area (Å²) >= 11 is 0. The fourth-order valence-electron chi connectivity index (χ4n) is 5.49. The van der Waals surface area contributed by atoms with E-state index in [1.807, 2.05) is 0 Å². The highest BCUT2D eigenvalue weighted by atomic mass is 19.3. The van der Waals surface area contributed by atoms with Crippen LogP contribution in [0.15, 0.2) is 42.5 Å². The van der Waals surface area contributed by atoms with Crippen LogP contribution in [0, 0.1) is 5.92 Å². The Morgan fingerprint density at radius 2 is 2.00 bits per heavy atom. The molecule has 1 fully saturated rings. The monoisotopic (exact) mass is 512 g/mol. The average Bonchev–Trinajstić information content (AvgIpc) is 3.27. The van der Waals surface area contributed by atoms with Crippen molar-refractivity contribution in [3.8, 4) is 11.5 Å². The van der Waals surface area contributed by atoms with Crippen molar-refractivity contribution < 1.29 is 28.2 Å². The van der Waals surface area contributed by atoms with Gasteiger partial charge in [0.05, 0.1) is 0 Å². The number of carbonyl (C=O) groups excluding carboxylic acids is 2. The molecule has 8 nitrogen and oxygen atoms in total. The van der Waals surface area contributed by atoms with E-state index >= 15 is 0 Å². The van der Waals surface area contributed by atoms with Crippen LogP contribution in [0.1, 0.15) is 43.6 Å². The summed E-state index contributed by atoms with van der Waals surface area (Å²) in [5.41, 5.74) is 1.53. The molecule has 2 aliphatic rings. The first-order chi connectivity index (χ1) is 17.6. The molecule has 0 spiro atoms. The van der Waals surface area contributed by atoms with E-state index in [2.05, 4.69) is 28.9 Å². The van der Waals surface area contributed by atoms with Crippen molar-refractivity contribution in [2.75, 3.05) is 19.6 Å². The molecule has 3 aromatic rings. The number of hydrogen-bond donors (Lipinski definition) is 3. The number of halogens is 2. The Morgan fingerprint density at radius 1 is 1.22 bits per heavy atom. The van der Waals surface area contributed by atoms with Gasteiger partial charge in [-0.3, -0.25) is 14.6 Å². The number of H-pyrrole nitrogens is 1. The number of benzene rings is 2. The molecule has 196 valence electrons. The lowest BCUT2D eigenvalue weighted by Gasteiger charge is -2.42. The van der Waals surface area contributed by atoms with E-state index in [0.717, 1.165) is 12.1 Å². The minimum absolute atomic E-state index is 0.0115. The number of alkyl halides is 2. The number of urea groups is 1. The number of rotatable bonds is 8. The number of aromatic nitrogens is 1. The highest BCUT2D eigenvalue weighted by Crippen LogP contribution is 2.49. The van der Waals surface area contributed by atoms with Crippen molar-refractivity contribution in [1.29, 1.82) is 0 Å². The molecular formula is C27H30F2N4O4. The van der Waals surface area contributed by atoms with E-state index in [0.29, 0.717) is 34.6 Å². The van der Waals surface area contributed by atoms with Gasteiger partial charge in [-0.05, 0) is 60.8 Å². The number of phenols is 1. The summed E-state index contributed by atoms with van der Waals surface area (Å²) in [7, 11) is 0. The van der Waals surface area contributed by atoms with Gasteiger partial charge < -0.3 is 20.1 Å². The number of fused-ring (bicyclic) bond motifs is 4. The summed E-state index contributed by atoms with van der Waals surface area (Å²) in [6.07, 6.45) is 0.205. The van der Waals surface area contributed by atoms with Crippen LogP contribution in [0.5, 0.6) is 11.5 Å². The Balaban J connectivity index is 1.61. The fraction of sp³-hybridized carbons (Fsp3) is 0.407. The maximum absolute atomic E-state index is 13.8. The van der Waals surface area contributed by atoms with Gasteiger partial charge in [-0.1, -0.05) is 26.0 Å². The number of ether oxygens (including phenoxy) is 1. The van der Waals surface area contributed by atoms with Crippen molar-refractivity contribution in [3.63, 3.8) is 0 Å². The number of aromatic amines is 1. The maximum atomic E-state index is 13.8. The number of carbonyl (C=O) groups is 2. The van der Waals surface area contributed by atoms with Crippen LogP contribution in [0.25, 0.3) is 10.9 Å². The van der Waals surface area contributed by atoms with E-state index < -0.39 is 24.2 Å². The van der Waals surface area contributed by atoms with Crippen LogP contribution < -0.4 is 10.1 Å². The Labute approximate surface area is 213 Å². The van der Waals surface area contributed by atoms with E-state index in [-0.39, 0.29) is 30.4 Å². The molecule has 2 atom stereocenters. The number of nitrogens with one attached hydrogen (secondary N) is 2. The van der Waals surface area contributed by atoms with Gasteiger partial charge in [0.25, 0.3) is 5.91 Å². The van der Waals surface area contributed by atoms with Gasteiger partial charge in [0, 0.05) is 36.1 Å². The molecular weight excluding hydrogens is 482 g/mol. The summed E-state index contributed by atoms with van der Waals surface area (Å²) in [5.74, 6) is 0.162. The van der Waals surface area contributed by atoms with E-state index in [9.17, 15) is 23.5 Å². The normalized spacial score (nSPS) is 21.3. The van der Waals surface area contributed by atoms with Crippen molar-refractivity contribution in [2.24, 2.45) is 5.92 Å². The molecule has 5 rings (SSSR count). The Hall–Kier alpha value is -3.66.